The highest BCUT2D eigenvalue weighted by molar-refractivity contribution is 7.89. The molecule has 1 atom stereocenters. The van der Waals surface area contributed by atoms with Crippen LogP contribution in [0.3, 0.4) is 0 Å². The van der Waals surface area contributed by atoms with Gasteiger partial charge >= 0.3 is 5.97 Å². The number of benzene rings is 1. The molecule has 1 aliphatic heterocycles. The SMILES string of the molecule is C=CCNS(=O)(=O)c1ccc(C(=O)OCC(=O)N2CCCC[C@H]2C)cc1. The molecule has 7 nitrogen and oxygen atoms in total. The Morgan fingerprint density at radius 3 is 2.62 bits per heavy atom. The van der Waals surface area contributed by atoms with Crippen molar-refractivity contribution in [3.63, 3.8) is 0 Å². The van der Waals surface area contributed by atoms with Crippen LogP contribution in [0.15, 0.2) is 41.8 Å². The Labute approximate surface area is 154 Å². The van der Waals surface area contributed by atoms with E-state index in [0.29, 0.717) is 6.54 Å². The van der Waals surface area contributed by atoms with E-state index in [0.717, 1.165) is 19.3 Å². The zero-order chi connectivity index (χ0) is 19.2. The van der Waals surface area contributed by atoms with Gasteiger partial charge in [0.1, 0.15) is 0 Å². The second-order valence-corrected chi connectivity index (χ2v) is 7.94. The molecule has 8 heteroatoms. The maximum Gasteiger partial charge on any atom is 0.338 e. The molecule has 1 aromatic carbocycles. The first-order chi connectivity index (χ1) is 12.3. The van der Waals surface area contributed by atoms with E-state index in [1.165, 1.54) is 30.3 Å². The summed E-state index contributed by atoms with van der Waals surface area (Å²) in [4.78, 5) is 26.0. The molecule has 0 saturated carbocycles. The molecule has 1 amide bonds. The molecule has 1 aliphatic rings. The lowest BCUT2D eigenvalue weighted by Gasteiger charge is -2.33. The Morgan fingerprint density at radius 2 is 2.00 bits per heavy atom. The lowest BCUT2D eigenvalue weighted by Crippen LogP contribution is -2.44. The summed E-state index contributed by atoms with van der Waals surface area (Å²) in [5.41, 5.74) is 0.187. The van der Waals surface area contributed by atoms with Crippen molar-refractivity contribution in [1.29, 1.82) is 0 Å². The van der Waals surface area contributed by atoms with Gasteiger partial charge in [-0.15, -0.1) is 6.58 Å². The minimum absolute atomic E-state index is 0.0362. The van der Waals surface area contributed by atoms with E-state index in [4.69, 9.17) is 4.74 Å². The van der Waals surface area contributed by atoms with Gasteiger partial charge in [-0.05, 0) is 50.5 Å². The maximum atomic E-state index is 12.2. The number of carbonyl (C=O) groups excluding carboxylic acids is 2. The summed E-state index contributed by atoms with van der Waals surface area (Å²) in [6.45, 7) is 5.91. The number of nitrogens with zero attached hydrogens (tertiary/aromatic N) is 1. The van der Waals surface area contributed by atoms with Gasteiger partial charge in [-0.25, -0.2) is 17.9 Å². The van der Waals surface area contributed by atoms with E-state index in [1.54, 1.807) is 4.90 Å². The quantitative estimate of drug-likeness (QED) is 0.574. The Hall–Kier alpha value is -2.19. The fourth-order valence-electron chi connectivity index (χ4n) is 2.78. The van der Waals surface area contributed by atoms with Gasteiger partial charge in [0.25, 0.3) is 5.91 Å². The fourth-order valence-corrected chi connectivity index (χ4v) is 3.78. The van der Waals surface area contributed by atoms with E-state index in [9.17, 15) is 18.0 Å². The number of carbonyl (C=O) groups is 2. The first-order valence-corrected chi connectivity index (χ1v) is 10.0. The van der Waals surface area contributed by atoms with Crippen molar-refractivity contribution >= 4 is 21.9 Å². The zero-order valence-corrected chi connectivity index (χ0v) is 15.6. The third kappa shape index (κ3) is 5.15. The normalized spacial score (nSPS) is 17.6. The Kier molecular flexibility index (Phi) is 6.93. The lowest BCUT2D eigenvalue weighted by molar-refractivity contribution is -0.137. The molecule has 142 valence electrons. The van der Waals surface area contributed by atoms with Gasteiger partial charge in [0.15, 0.2) is 6.61 Å². The number of nitrogens with one attached hydrogen (secondary N) is 1. The fraction of sp³-hybridized carbons (Fsp3) is 0.444. The van der Waals surface area contributed by atoms with Crippen LogP contribution in [0.25, 0.3) is 0 Å². The number of esters is 1. The molecule has 2 rings (SSSR count). The van der Waals surface area contributed by atoms with Crippen LogP contribution in [0.5, 0.6) is 0 Å². The van der Waals surface area contributed by atoms with Crippen LogP contribution in [0, 0.1) is 0 Å². The van der Waals surface area contributed by atoms with Gasteiger partial charge in [0.05, 0.1) is 10.5 Å². The number of sulfonamides is 1. The number of rotatable bonds is 7. The molecule has 26 heavy (non-hydrogen) atoms. The van der Waals surface area contributed by atoms with Gasteiger partial charge in [0.2, 0.25) is 10.0 Å². The van der Waals surface area contributed by atoms with Crippen molar-refractivity contribution in [2.75, 3.05) is 19.7 Å². The van der Waals surface area contributed by atoms with Crippen molar-refractivity contribution < 1.29 is 22.7 Å². The molecular formula is C18H24N2O5S. The zero-order valence-electron chi connectivity index (χ0n) is 14.8. The van der Waals surface area contributed by atoms with E-state index >= 15 is 0 Å². The standard InChI is InChI=1S/C18H24N2O5S/c1-3-11-19-26(23,24)16-9-7-15(8-10-16)18(22)25-13-17(21)20-12-5-4-6-14(20)2/h3,7-10,14,19H,1,4-6,11-13H2,2H3/t14-/m1/s1. The van der Waals surface area contributed by atoms with Crippen molar-refractivity contribution in [3.05, 3.63) is 42.5 Å². The van der Waals surface area contributed by atoms with Crippen LogP contribution in [0.4, 0.5) is 0 Å². The topological polar surface area (TPSA) is 92.8 Å². The summed E-state index contributed by atoms with van der Waals surface area (Å²) in [5.74, 6) is -0.871. The summed E-state index contributed by atoms with van der Waals surface area (Å²) in [6, 6.07) is 5.51. The summed E-state index contributed by atoms with van der Waals surface area (Å²) < 4.78 is 31.4. The highest BCUT2D eigenvalue weighted by Gasteiger charge is 2.24. The van der Waals surface area contributed by atoms with Crippen LogP contribution in [-0.2, 0) is 19.6 Å². The van der Waals surface area contributed by atoms with Gasteiger partial charge < -0.3 is 9.64 Å². The average molecular weight is 380 g/mol. The second kappa shape index (κ2) is 8.95. The molecule has 0 aliphatic carbocycles. The Bertz CT molecular complexity index is 758. The number of hydrogen-bond acceptors (Lipinski definition) is 5. The number of ether oxygens (including phenoxy) is 1. The molecule has 1 fully saturated rings. The summed E-state index contributed by atoms with van der Waals surface area (Å²) in [5, 5.41) is 0. The first-order valence-electron chi connectivity index (χ1n) is 8.52. The van der Waals surface area contributed by atoms with Crippen LogP contribution < -0.4 is 4.72 Å². The molecule has 1 N–H and O–H groups in total. The van der Waals surface area contributed by atoms with Crippen LogP contribution >= 0.6 is 0 Å². The molecule has 0 unspecified atom stereocenters. The summed E-state index contributed by atoms with van der Waals surface area (Å²) >= 11 is 0. The highest BCUT2D eigenvalue weighted by Crippen LogP contribution is 2.17. The van der Waals surface area contributed by atoms with E-state index in [2.05, 4.69) is 11.3 Å². The number of amides is 1. The Morgan fingerprint density at radius 1 is 1.31 bits per heavy atom. The molecule has 0 bridgehead atoms. The molecule has 0 spiro atoms. The van der Waals surface area contributed by atoms with Crippen LogP contribution in [0.2, 0.25) is 0 Å². The maximum absolute atomic E-state index is 12.2. The second-order valence-electron chi connectivity index (χ2n) is 6.17. The third-order valence-electron chi connectivity index (χ3n) is 4.27. The monoisotopic (exact) mass is 380 g/mol. The number of piperidine rings is 1. The molecule has 0 radical (unpaired) electrons. The van der Waals surface area contributed by atoms with E-state index in [-0.39, 0.29) is 35.6 Å². The van der Waals surface area contributed by atoms with Crippen molar-refractivity contribution in [1.82, 2.24) is 9.62 Å². The summed E-state index contributed by atoms with van der Waals surface area (Å²) in [7, 11) is -3.65. The molecule has 1 heterocycles. The molecule has 0 aromatic heterocycles. The largest absolute Gasteiger partial charge is 0.452 e. The van der Waals surface area contributed by atoms with E-state index < -0.39 is 16.0 Å². The summed E-state index contributed by atoms with van der Waals surface area (Å²) in [6.07, 6.45) is 4.44. The van der Waals surface area contributed by atoms with E-state index in [1.807, 2.05) is 6.92 Å². The van der Waals surface area contributed by atoms with Gasteiger partial charge in [-0.3, -0.25) is 4.79 Å². The third-order valence-corrected chi connectivity index (χ3v) is 5.71. The Balaban J connectivity index is 1.93. The van der Waals surface area contributed by atoms with Gasteiger partial charge in [0, 0.05) is 19.1 Å². The van der Waals surface area contributed by atoms with Crippen molar-refractivity contribution in [3.8, 4) is 0 Å². The van der Waals surface area contributed by atoms with Crippen LogP contribution in [-0.4, -0.2) is 50.9 Å². The lowest BCUT2D eigenvalue weighted by atomic mass is 10.0. The first kappa shape index (κ1) is 20.1. The predicted octanol–water partition coefficient (Wildman–Crippen LogP) is 1.71. The van der Waals surface area contributed by atoms with Crippen LogP contribution in [0.1, 0.15) is 36.5 Å². The van der Waals surface area contributed by atoms with Gasteiger partial charge in [-0.2, -0.15) is 0 Å². The van der Waals surface area contributed by atoms with Crippen molar-refractivity contribution in [2.24, 2.45) is 0 Å². The molecule has 1 aromatic rings. The van der Waals surface area contributed by atoms with Crippen molar-refractivity contribution in [2.45, 2.75) is 37.1 Å². The molecular weight excluding hydrogens is 356 g/mol. The minimum atomic E-state index is -3.65. The average Bonchev–Trinajstić information content (AvgIpc) is 2.64. The number of hydrogen-bond donors (Lipinski definition) is 1. The number of likely N-dealkylation sites (tertiary alicyclic amines) is 1. The smallest absolute Gasteiger partial charge is 0.338 e. The minimum Gasteiger partial charge on any atom is -0.452 e. The predicted molar refractivity (Wildman–Crippen MR) is 97.1 cm³/mol. The highest BCUT2D eigenvalue weighted by atomic mass is 32.2. The van der Waals surface area contributed by atoms with Gasteiger partial charge in [-0.1, -0.05) is 6.08 Å². The molecule has 1 saturated heterocycles.